The van der Waals surface area contributed by atoms with Crippen molar-refractivity contribution >= 4 is 58.7 Å². The Morgan fingerprint density at radius 3 is 0.845 bits per heavy atom. The Bertz CT molecular complexity index is 4250. The third-order valence-electron chi connectivity index (χ3n) is 19.2. The van der Waals surface area contributed by atoms with Gasteiger partial charge in [0.1, 0.15) is 11.6 Å². The molecule has 0 amide bonds. The van der Waals surface area contributed by atoms with Gasteiger partial charge in [0, 0.05) is 56.8 Å². The number of nitrogens with zero attached hydrogens (tertiary/aromatic N) is 4. The van der Waals surface area contributed by atoms with Crippen LogP contribution in [0.15, 0.2) is 231 Å². The fourth-order valence-electron chi connectivity index (χ4n) is 14.5. The molecule has 0 unspecified atom stereocenters. The molecule has 0 aliphatic heterocycles. The number of rotatable bonds is 10. The van der Waals surface area contributed by atoms with Gasteiger partial charge in [-0.15, -0.1) is 0 Å². The van der Waals surface area contributed by atoms with Crippen molar-refractivity contribution in [3.63, 3.8) is 0 Å². The second-order valence-electron chi connectivity index (χ2n) is 25.5. The van der Waals surface area contributed by atoms with Gasteiger partial charge in [-0.1, -0.05) is 225 Å². The van der Waals surface area contributed by atoms with Crippen LogP contribution in [-0.2, 0) is 21.7 Å². The maximum atomic E-state index is 4.92. The summed E-state index contributed by atoms with van der Waals surface area (Å²) in [5.74, 6) is 1.79. The highest BCUT2D eigenvalue weighted by molar-refractivity contribution is 5.91. The Kier molecular flexibility index (Phi) is 11.6. The highest BCUT2D eigenvalue weighted by Gasteiger charge is 2.40. The average Bonchev–Trinajstić information content (AvgIpc) is 2.53. The lowest BCUT2D eigenvalue weighted by Gasteiger charge is -2.29. The summed E-state index contributed by atoms with van der Waals surface area (Å²) >= 11 is 0. The molecule has 4 aliphatic carbocycles. The molecule has 0 fully saturated rings. The van der Waals surface area contributed by atoms with E-state index >= 15 is 0 Å². The van der Waals surface area contributed by atoms with E-state index in [9.17, 15) is 0 Å². The SMILES string of the molecule is CC1(C)c2ccccc2-c2ccc(N(c3ccc4c(c3)C(C)(C)c3cc(C=Cc5ccc(C=Cc6ccc7c(c6)C(C)(C)c6cc(N(c8ccc9c(c8)C(C)(C)c8ccccc8-9)c8ccccn8)ccc6-7)cc5)ccc3-4)c3ccccn3)cc21. The molecule has 0 N–H and O–H groups in total. The van der Waals surface area contributed by atoms with Gasteiger partial charge >= 0.3 is 0 Å². The summed E-state index contributed by atoms with van der Waals surface area (Å²) in [6.07, 6.45) is 12.8. The topological polar surface area (TPSA) is 32.3 Å². The van der Waals surface area contributed by atoms with E-state index in [0.29, 0.717) is 0 Å². The summed E-state index contributed by atoms with van der Waals surface area (Å²) in [5.41, 5.74) is 29.7. The summed E-state index contributed by atoms with van der Waals surface area (Å²) in [4.78, 5) is 14.5. The maximum Gasteiger partial charge on any atom is 0.137 e. The van der Waals surface area contributed by atoms with Crippen molar-refractivity contribution in [2.24, 2.45) is 0 Å². The molecule has 2 heterocycles. The quantitative estimate of drug-likeness (QED) is 0.128. The first-order valence-electron chi connectivity index (χ1n) is 29.6. The lowest BCUT2D eigenvalue weighted by molar-refractivity contribution is 0.659. The molecule has 0 atom stereocenters. The van der Waals surface area contributed by atoms with Crippen LogP contribution in [0.25, 0.3) is 68.8 Å². The molecule has 4 nitrogen and oxygen atoms in total. The Balaban J connectivity index is 0.655. The summed E-state index contributed by atoms with van der Waals surface area (Å²) in [6.45, 7) is 18.9. The van der Waals surface area contributed by atoms with Crippen LogP contribution in [0.3, 0.4) is 0 Å². The Labute approximate surface area is 494 Å². The van der Waals surface area contributed by atoms with E-state index in [1.165, 1.54) is 100 Å². The largest absolute Gasteiger partial charge is 0.295 e. The van der Waals surface area contributed by atoms with E-state index in [0.717, 1.165) is 45.5 Å². The first-order chi connectivity index (χ1) is 40.6. The summed E-state index contributed by atoms with van der Waals surface area (Å²) in [7, 11) is 0. The van der Waals surface area contributed by atoms with Gasteiger partial charge in [0.15, 0.2) is 0 Å². The highest BCUT2D eigenvalue weighted by Crippen LogP contribution is 2.56. The van der Waals surface area contributed by atoms with Gasteiger partial charge in [-0.3, -0.25) is 9.80 Å². The van der Waals surface area contributed by atoms with Crippen LogP contribution < -0.4 is 9.80 Å². The normalized spacial score (nSPS) is 15.4. The fourth-order valence-corrected chi connectivity index (χ4v) is 14.5. The Morgan fingerprint density at radius 1 is 0.250 bits per heavy atom. The second-order valence-corrected chi connectivity index (χ2v) is 25.5. The minimum Gasteiger partial charge on any atom is -0.295 e. The van der Waals surface area contributed by atoms with Crippen LogP contribution in [0.5, 0.6) is 0 Å². The van der Waals surface area contributed by atoms with Gasteiger partial charge in [-0.25, -0.2) is 9.97 Å². The van der Waals surface area contributed by atoms with E-state index in [1.54, 1.807) is 0 Å². The zero-order valence-corrected chi connectivity index (χ0v) is 49.0. The van der Waals surface area contributed by atoms with Gasteiger partial charge in [-0.2, -0.15) is 0 Å². The number of aromatic nitrogens is 2. The van der Waals surface area contributed by atoms with Gasteiger partial charge < -0.3 is 0 Å². The Morgan fingerprint density at radius 2 is 0.512 bits per heavy atom. The van der Waals surface area contributed by atoms with E-state index in [1.807, 2.05) is 24.5 Å². The third kappa shape index (κ3) is 8.02. The van der Waals surface area contributed by atoms with E-state index in [-0.39, 0.29) is 21.7 Å². The molecular formula is C80H66N4. The lowest BCUT2D eigenvalue weighted by Crippen LogP contribution is -2.18. The lowest BCUT2D eigenvalue weighted by atomic mass is 9.81. The van der Waals surface area contributed by atoms with Crippen LogP contribution in [0, 0.1) is 0 Å². The van der Waals surface area contributed by atoms with Crippen molar-refractivity contribution in [3.05, 3.63) is 298 Å². The number of hydrogen-bond acceptors (Lipinski definition) is 4. The van der Waals surface area contributed by atoms with Gasteiger partial charge in [0.2, 0.25) is 0 Å². The maximum absolute atomic E-state index is 4.92. The zero-order chi connectivity index (χ0) is 57.3. The third-order valence-corrected chi connectivity index (χ3v) is 19.2. The van der Waals surface area contributed by atoms with Crippen LogP contribution >= 0.6 is 0 Å². The van der Waals surface area contributed by atoms with Crippen molar-refractivity contribution in [2.75, 3.05) is 9.80 Å². The van der Waals surface area contributed by atoms with Gasteiger partial charge in [0.05, 0.1) is 0 Å². The average molecular weight is 1080 g/mol. The molecule has 0 saturated carbocycles. The number of benzene rings is 9. The summed E-state index contributed by atoms with van der Waals surface area (Å²) < 4.78 is 0. The van der Waals surface area contributed by atoms with Crippen LogP contribution in [-0.4, -0.2) is 9.97 Å². The monoisotopic (exact) mass is 1080 g/mol. The molecule has 9 aromatic carbocycles. The molecule has 2 aromatic heterocycles. The van der Waals surface area contributed by atoms with Crippen LogP contribution in [0.4, 0.5) is 34.4 Å². The molecule has 15 rings (SSSR count). The molecule has 4 aliphatic rings. The Hall–Kier alpha value is -9.64. The van der Waals surface area contributed by atoms with Gasteiger partial charge in [0.25, 0.3) is 0 Å². The van der Waals surface area contributed by atoms with Crippen molar-refractivity contribution in [1.29, 1.82) is 0 Å². The highest BCUT2D eigenvalue weighted by atomic mass is 15.2. The van der Waals surface area contributed by atoms with Crippen molar-refractivity contribution in [1.82, 2.24) is 9.97 Å². The van der Waals surface area contributed by atoms with Crippen LogP contribution in [0.1, 0.15) is 122 Å². The van der Waals surface area contributed by atoms with Crippen LogP contribution in [0.2, 0.25) is 0 Å². The number of pyridine rings is 2. The van der Waals surface area contributed by atoms with Crippen molar-refractivity contribution < 1.29 is 0 Å². The van der Waals surface area contributed by atoms with Crippen molar-refractivity contribution in [3.8, 4) is 44.5 Å². The molecular weight excluding hydrogens is 1020 g/mol. The molecule has 0 bridgehead atoms. The van der Waals surface area contributed by atoms with E-state index in [4.69, 9.17) is 9.97 Å². The van der Waals surface area contributed by atoms with E-state index < -0.39 is 0 Å². The molecule has 0 radical (unpaired) electrons. The predicted molar refractivity (Wildman–Crippen MR) is 352 cm³/mol. The fraction of sp³-hybridized carbons (Fsp3) is 0.150. The first kappa shape index (κ1) is 51.3. The summed E-state index contributed by atoms with van der Waals surface area (Å²) in [5, 5.41) is 0. The number of anilines is 6. The first-order valence-corrected chi connectivity index (χ1v) is 29.6. The minimum atomic E-state index is -0.212. The molecule has 84 heavy (non-hydrogen) atoms. The molecule has 406 valence electrons. The van der Waals surface area contributed by atoms with Crippen molar-refractivity contribution in [2.45, 2.75) is 77.0 Å². The minimum absolute atomic E-state index is 0.110. The number of hydrogen-bond donors (Lipinski definition) is 0. The molecule has 0 saturated heterocycles. The van der Waals surface area contributed by atoms with Gasteiger partial charge in [-0.05, 0) is 184 Å². The standard InChI is InChI=1S/C80H66N4/c1-77(2)67-19-11-9-17-59(67)63-39-33-55(47-71(63)77)83(75-21-13-15-43-81-75)57-35-41-65-61-37-31-53(45-69(61)79(5,6)73(65)49-57)29-27-51-23-25-52(26-24-51)28-30-54-32-38-62-66-42-36-58(50-74(66)80(7,8)70(62)46-54)84(76-22-14-16-44-82-76)56-34-40-64-60-18-10-12-20-68(60)78(3,4)72(64)48-56/h9-50H,1-8H3. The molecule has 4 heteroatoms. The second kappa shape index (κ2) is 19.0. The zero-order valence-electron chi connectivity index (χ0n) is 49.0. The number of fused-ring (bicyclic) bond motifs is 12. The molecule has 0 spiro atoms. The predicted octanol–water partition coefficient (Wildman–Crippen LogP) is 21.0. The van der Waals surface area contributed by atoms with E-state index in [2.05, 4.69) is 296 Å². The smallest absolute Gasteiger partial charge is 0.137 e. The summed E-state index contributed by atoms with van der Waals surface area (Å²) in [6, 6.07) is 80.7. The molecule has 11 aromatic rings.